The van der Waals surface area contributed by atoms with E-state index in [1.165, 1.54) is 10.4 Å². The molecule has 5 heteroatoms. The first-order valence-corrected chi connectivity index (χ1v) is 10.6. The largest absolute Gasteiger partial charge is 0.300 e. The maximum absolute atomic E-state index is 13.3. The van der Waals surface area contributed by atoms with Gasteiger partial charge in [-0.1, -0.05) is 27.7 Å². The van der Waals surface area contributed by atoms with Crippen molar-refractivity contribution in [2.45, 2.75) is 79.7 Å². The highest BCUT2D eigenvalue weighted by Crippen LogP contribution is 2.42. The van der Waals surface area contributed by atoms with E-state index in [2.05, 4.69) is 27.7 Å². The molecule has 0 fully saturated rings. The Morgan fingerprint density at radius 3 is 2.69 bits per heavy atom. The SMILES string of the molecule is CCCc1nc2sc3c(c2c(=O)n1CCC(C)=O)CCC(C(C)(C)C)C3. The monoisotopic (exact) mass is 374 g/mol. The van der Waals surface area contributed by atoms with Gasteiger partial charge in [-0.05, 0) is 49.5 Å². The number of aromatic nitrogens is 2. The van der Waals surface area contributed by atoms with Crippen LogP contribution in [-0.4, -0.2) is 15.3 Å². The Labute approximate surface area is 159 Å². The summed E-state index contributed by atoms with van der Waals surface area (Å²) in [4.78, 5) is 31.8. The molecule has 0 saturated heterocycles. The highest BCUT2D eigenvalue weighted by atomic mass is 32.1. The highest BCUT2D eigenvalue weighted by molar-refractivity contribution is 7.18. The molecule has 0 bridgehead atoms. The van der Waals surface area contributed by atoms with Crippen LogP contribution in [0.4, 0.5) is 0 Å². The van der Waals surface area contributed by atoms with Crippen LogP contribution in [0.1, 0.15) is 70.1 Å². The van der Waals surface area contributed by atoms with E-state index in [1.807, 2.05) is 0 Å². The van der Waals surface area contributed by atoms with Crippen LogP contribution in [0.5, 0.6) is 0 Å². The van der Waals surface area contributed by atoms with E-state index in [-0.39, 0.29) is 16.8 Å². The molecule has 0 radical (unpaired) electrons. The van der Waals surface area contributed by atoms with E-state index in [4.69, 9.17) is 4.98 Å². The number of fused-ring (bicyclic) bond motifs is 3. The van der Waals surface area contributed by atoms with Crippen LogP contribution in [0.15, 0.2) is 4.79 Å². The molecule has 0 spiro atoms. The molecule has 142 valence electrons. The van der Waals surface area contributed by atoms with Crippen molar-refractivity contribution < 1.29 is 4.79 Å². The van der Waals surface area contributed by atoms with Gasteiger partial charge in [-0.3, -0.25) is 14.2 Å². The van der Waals surface area contributed by atoms with Crippen LogP contribution < -0.4 is 5.56 Å². The molecule has 2 aromatic heterocycles. The van der Waals surface area contributed by atoms with Crippen LogP contribution in [0.25, 0.3) is 10.2 Å². The van der Waals surface area contributed by atoms with Gasteiger partial charge in [0.25, 0.3) is 5.56 Å². The molecule has 1 aliphatic rings. The van der Waals surface area contributed by atoms with Crippen molar-refractivity contribution in [1.29, 1.82) is 0 Å². The number of thiophene rings is 1. The third-order valence-electron chi connectivity index (χ3n) is 5.63. The first-order valence-electron chi connectivity index (χ1n) is 9.75. The van der Waals surface area contributed by atoms with Gasteiger partial charge in [0.1, 0.15) is 16.4 Å². The van der Waals surface area contributed by atoms with Crippen LogP contribution in [0.3, 0.4) is 0 Å². The summed E-state index contributed by atoms with van der Waals surface area (Å²) >= 11 is 1.72. The molecule has 3 rings (SSSR count). The number of nitrogens with zero attached hydrogens (tertiary/aromatic N) is 2. The smallest absolute Gasteiger partial charge is 0.262 e. The van der Waals surface area contributed by atoms with Gasteiger partial charge in [0.2, 0.25) is 0 Å². The van der Waals surface area contributed by atoms with Crippen LogP contribution in [0.2, 0.25) is 0 Å². The summed E-state index contributed by atoms with van der Waals surface area (Å²) in [7, 11) is 0. The molecule has 2 heterocycles. The van der Waals surface area contributed by atoms with Crippen molar-refractivity contribution in [2.24, 2.45) is 11.3 Å². The van der Waals surface area contributed by atoms with Crippen LogP contribution >= 0.6 is 11.3 Å². The number of hydrogen-bond donors (Lipinski definition) is 0. The standard InChI is InChI=1S/C21H30N2O2S/c1-6-7-17-22-19-18(20(25)23(17)11-10-13(2)24)15-9-8-14(21(3,4)5)12-16(15)26-19/h14H,6-12H2,1-5H3. The van der Waals surface area contributed by atoms with E-state index in [1.54, 1.807) is 22.8 Å². The fourth-order valence-electron chi connectivity index (χ4n) is 3.95. The number of carbonyl (C=O) groups is 1. The molecule has 2 aromatic rings. The van der Waals surface area contributed by atoms with E-state index in [0.717, 1.165) is 48.1 Å². The van der Waals surface area contributed by atoms with Crippen molar-refractivity contribution in [3.63, 3.8) is 0 Å². The molecular weight excluding hydrogens is 344 g/mol. The first-order chi connectivity index (χ1) is 12.2. The molecule has 1 atom stereocenters. The number of ketones is 1. The zero-order valence-electron chi connectivity index (χ0n) is 16.6. The lowest BCUT2D eigenvalue weighted by molar-refractivity contribution is -0.117. The average molecular weight is 375 g/mol. The summed E-state index contributed by atoms with van der Waals surface area (Å²) in [5.74, 6) is 1.59. The molecule has 1 aliphatic carbocycles. The number of carbonyl (C=O) groups excluding carboxylic acids is 1. The predicted octanol–water partition coefficient (Wildman–Crippen LogP) is 4.54. The van der Waals surface area contributed by atoms with E-state index in [0.29, 0.717) is 18.9 Å². The van der Waals surface area contributed by atoms with Gasteiger partial charge in [-0.15, -0.1) is 11.3 Å². The average Bonchev–Trinajstić information content (AvgIpc) is 2.91. The topological polar surface area (TPSA) is 52.0 Å². The van der Waals surface area contributed by atoms with Crippen molar-refractivity contribution in [1.82, 2.24) is 9.55 Å². The fourth-order valence-corrected chi connectivity index (χ4v) is 5.26. The highest BCUT2D eigenvalue weighted by Gasteiger charge is 2.32. The minimum absolute atomic E-state index is 0.0615. The van der Waals surface area contributed by atoms with Gasteiger partial charge in [0.05, 0.1) is 5.39 Å². The van der Waals surface area contributed by atoms with Crippen molar-refractivity contribution in [3.8, 4) is 0 Å². The summed E-state index contributed by atoms with van der Waals surface area (Å²) in [6, 6.07) is 0. The van der Waals surface area contributed by atoms with Gasteiger partial charge in [-0.2, -0.15) is 0 Å². The number of hydrogen-bond acceptors (Lipinski definition) is 4. The quantitative estimate of drug-likeness (QED) is 0.772. The third-order valence-corrected chi connectivity index (χ3v) is 6.78. The molecule has 26 heavy (non-hydrogen) atoms. The van der Waals surface area contributed by atoms with Gasteiger partial charge in [-0.25, -0.2) is 4.98 Å². The lowest BCUT2D eigenvalue weighted by Gasteiger charge is -2.33. The summed E-state index contributed by atoms with van der Waals surface area (Å²) in [5, 5.41) is 0.820. The lowest BCUT2D eigenvalue weighted by Crippen LogP contribution is -2.28. The van der Waals surface area contributed by atoms with Crippen LogP contribution in [0, 0.1) is 11.3 Å². The first kappa shape index (κ1) is 19.3. The van der Waals surface area contributed by atoms with Gasteiger partial charge in [0, 0.05) is 24.3 Å². The summed E-state index contributed by atoms with van der Waals surface area (Å²) < 4.78 is 1.76. The van der Waals surface area contributed by atoms with Crippen molar-refractivity contribution >= 4 is 27.3 Å². The number of Topliss-reactive ketones (excluding diaryl/α,β-unsaturated/α-hetero) is 1. The normalized spacial score (nSPS) is 17.5. The second-order valence-electron chi connectivity index (χ2n) is 8.68. The zero-order valence-corrected chi connectivity index (χ0v) is 17.5. The molecule has 0 saturated carbocycles. The zero-order chi connectivity index (χ0) is 19.1. The Morgan fingerprint density at radius 1 is 1.35 bits per heavy atom. The summed E-state index contributed by atoms with van der Waals surface area (Å²) in [6.45, 7) is 11.0. The minimum atomic E-state index is 0.0615. The number of rotatable bonds is 5. The third kappa shape index (κ3) is 3.64. The van der Waals surface area contributed by atoms with Gasteiger partial charge in [0.15, 0.2) is 0 Å². The van der Waals surface area contributed by atoms with E-state index >= 15 is 0 Å². The Bertz CT molecular complexity index is 886. The molecule has 0 amide bonds. The molecule has 0 aromatic carbocycles. The maximum Gasteiger partial charge on any atom is 0.262 e. The number of aryl methyl sites for hydroxylation is 2. The Hall–Kier alpha value is -1.49. The molecule has 4 nitrogen and oxygen atoms in total. The summed E-state index contributed by atoms with van der Waals surface area (Å²) in [6.07, 6.45) is 5.25. The van der Waals surface area contributed by atoms with Crippen molar-refractivity contribution in [3.05, 3.63) is 26.6 Å². The second kappa shape index (κ2) is 7.26. The molecular formula is C21H30N2O2S. The fraction of sp³-hybridized carbons (Fsp3) is 0.667. The second-order valence-corrected chi connectivity index (χ2v) is 9.76. The van der Waals surface area contributed by atoms with E-state index < -0.39 is 0 Å². The van der Waals surface area contributed by atoms with Crippen LogP contribution in [-0.2, 0) is 30.6 Å². The lowest BCUT2D eigenvalue weighted by atomic mass is 9.72. The Morgan fingerprint density at radius 2 is 2.08 bits per heavy atom. The minimum Gasteiger partial charge on any atom is -0.300 e. The Kier molecular flexibility index (Phi) is 5.38. The molecule has 1 unspecified atom stereocenters. The van der Waals surface area contributed by atoms with E-state index in [9.17, 15) is 9.59 Å². The van der Waals surface area contributed by atoms with Crippen molar-refractivity contribution in [2.75, 3.05) is 0 Å². The Balaban J connectivity index is 2.10. The maximum atomic E-state index is 13.3. The van der Waals surface area contributed by atoms with Gasteiger partial charge < -0.3 is 0 Å². The summed E-state index contributed by atoms with van der Waals surface area (Å²) in [5.41, 5.74) is 1.57. The molecule has 0 aliphatic heterocycles. The molecule has 0 N–H and O–H groups in total. The predicted molar refractivity (Wildman–Crippen MR) is 108 cm³/mol. The van der Waals surface area contributed by atoms with Gasteiger partial charge >= 0.3 is 0 Å².